The molecule has 4 rings (SSSR count). The van der Waals surface area contributed by atoms with E-state index in [1.807, 2.05) is 19.0 Å². The van der Waals surface area contributed by atoms with Gasteiger partial charge in [0, 0.05) is 20.6 Å². The van der Waals surface area contributed by atoms with Gasteiger partial charge in [0.05, 0.1) is 5.75 Å². The molecule has 0 spiro atoms. The van der Waals surface area contributed by atoms with Crippen LogP contribution in [-0.2, 0) is 11.3 Å². The number of amides is 1. The average molecular weight is 417 g/mol. The van der Waals surface area contributed by atoms with E-state index < -0.39 is 0 Å². The minimum Gasteiger partial charge on any atom is -0.354 e. The Morgan fingerprint density at radius 2 is 2.07 bits per heavy atom. The van der Waals surface area contributed by atoms with E-state index >= 15 is 0 Å². The number of thioether (sulfide) groups is 1. The van der Waals surface area contributed by atoms with Crippen molar-refractivity contribution >= 4 is 50.1 Å². The summed E-state index contributed by atoms with van der Waals surface area (Å²) in [7, 11) is 3.84. The molecular weight excluding hydrogens is 401 g/mol. The Labute approximate surface area is 167 Å². The molecule has 0 unspecified atom stereocenters. The molecule has 11 heteroatoms. The van der Waals surface area contributed by atoms with Gasteiger partial charge in [-0.2, -0.15) is 4.98 Å². The zero-order valence-corrected chi connectivity index (χ0v) is 16.7. The highest BCUT2D eigenvalue weighted by Gasteiger charge is 2.16. The van der Waals surface area contributed by atoms with E-state index in [4.69, 9.17) is 0 Å². The second kappa shape index (κ2) is 7.68. The molecule has 4 aromatic rings. The highest BCUT2D eigenvalue weighted by atomic mass is 32.2. The van der Waals surface area contributed by atoms with Crippen LogP contribution in [0.25, 0.3) is 16.0 Å². The van der Waals surface area contributed by atoms with Crippen LogP contribution in [0.2, 0.25) is 0 Å². The molecule has 0 atom stereocenters. The molecule has 8 nitrogen and oxygen atoms in total. The summed E-state index contributed by atoms with van der Waals surface area (Å²) in [6.07, 6.45) is 1.62. The van der Waals surface area contributed by atoms with Gasteiger partial charge in [-0.3, -0.25) is 9.20 Å². The highest BCUT2D eigenvalue weighted by Crippen LogP contribution is 2.30. The molecule has 3 heterocycles. The Balaban J connectivity index is 1.43. The summed E-state index contributed by atoms with van der Waals surface area (Å²) in [6, 6.07) is 6.02. The van der Waals surface area contributed by atoms with Gasteiger partial charge in [0.1, 0.15) is 16.8 Å². The van der Waals surface area contributed by atoms with Gasteiger partial charge in [-0.1, -0.05) is 35.2 Å². The van der Waals surface area contributed by atoms with Crippen LogP contribution in [0.4, 0.5) is 9.52 Å². The quantitative estimate of drug-likeness (QED) is 0.482. The van der Waals surface area contributed by atoms with Crippen LogP contribution in [0.15, 0.2) is 35.7 Å². The van der Waals surface area contributed by atoms with Crippen LogP contribution in [0, 0.1) is 5.82 Å². The molecule has 0 aliphatic rings. The number of anilines is 1. The maximum absolute atomic E-state index is 12.9. The molecule has 0 fully saturated rings. The number of rotatable bonds is 6. The van der Waals surface area contributed by atoms with Crippen LogP contribution >= 0.6 is 23.1 Å². The fourth-order valence-corrected chi connectivity index (χ4v) is 4.11. The zero-order valence-electron chi connectivity index (χ0n) is 15.1. The number of aromatic nitrogens is 5. The molecule has 0 bridgehead atoms. The lowest BCUT2D eigenvalue weighted by Crippen LogP contribution is -2.24. The molecule has 0 aliphatic carbocycles. The first-order chi connectivity index (χ1) is 13.5. The van der Waals surface area contributed by atoms with Crippen LogP contribution in [0.3, 0.4) is 0 Å². The van der Waals surface area contributed by atoms with E-state index in [1.165, 1.54) is 35.2 Å². The number of nitrogens with one attached hydrogen (secondary N) is 1. The maximum Gasteiger partial charge on any atom is 0.230 e. The second-order valence-corrected chi connectivity index (χ2v) is 8.08. The first-order valence-corrected chi connectivity index (χ1v) is 10.1. The number of carbonyl (C=O) groups excluding carboxylic acids is 1. The summed E-state index contributed by atoms with van der Waals surface area (Å²) in [5.74, 6) is -0.260. The minimum absolute atomic E-state index is 0.146. The van der Waals surface area contributed by atoms with Gasteiger partial charge in [-0.25, -0.2) is 9.37 Å². The number of fused-ring (bicyclic) bond motifs is 3. The van der Waals surface area contributed by atoms with Crippen LogP contribution < -0.4 is 10.2 Å². The number of halogens is 1. The SMILES string of the molecule is CN(C)c1nc2ncn3c(SCC(=O)NCc4ccc(F)cc4)nnc3c2s1. The van der Waals surface area contributed by atoms with Crippen molar-refractivity contribution in [1.82, 2.24) is 29.9 Å². The third-order valence-electron chi connectivity index (χ3n) is 3.88. The third-order valence-corrected chi connectivity index (χ3v) is 6.03. The predicted molar refractivity (Wildman–Crippen MR) is 107 cm³/mol. The van der Waals surface area contributed by atoms with Crippen molar-refractivity contribution < 1.29 is 9.18 Å². The van der Waals surface area contributed by atoms with Gasteiger partial charge in [0.15, 0.2) is 21.6 Å². The number of hydrogen-bond donors (Lipinski definition) is 1. The number of thiazole rings is 1. The molecular formula is C17H16FN7OS2. The normalized spacial score (nSPS) is 11.2. The van der Waals surface area contributed by atoms with Gasteiger partial charge < -0.3 is 10.2 Å². The Bertz CT molecular complexity index is 1140. The smallest absolute Gasteiger partial charge is 0.230 e. The third kappa shape index (κ3) is 3.76. The molecule has 0 saturated carbocycles. The van der Waals surface area contributed by atoms with Gasteiger partial charge in [-0.15, -0.1) is 10.2 Å². The van der Waals surface area contributed by atoms with E-state index in [-0.39, 0.29) is 17.5 Å². The summed E-state index contributed by atoms with van der Waals surface area (Å²) in [4.78, 5) is 22.9. The molecule has 1 amide bonds. The van der Waals surface area contributed by atoms with E-state index in [0.29, 0.717) is 23.0 Å². The molecule has 1 aromatic carbocycles. The molecule has 3 aromatic heterocycles. The summed E-state index contributed by atoms with van der Waals surface area (Å²) in [5, 5.41) is 12.6. The Morgan fingerprint density at radius 1 is 1.29 bits per heavy atom. The molecule has 0 aliphatic heterocycles. The van der Waals surface area contributed by atoms with Crippen molar-refractivity contribution in [3.05, 3.63) is 42.0 Å². The summed E-state index contributed by atoms with van der Waals surface area (Å²) < 4.78 is 15.5. The van der Waals surface area contributed by atoms with Crippen LogP contribution in [0.5, 0.6) is 0 Å². The topological polar surface area (TPSA) is 88.3 Å². The van der Waals surface area contributed by atoms with Crippen molar-refractivity contribution in [1.29, 1.82) is 0 Å². The zero-order chi connectivity index (χ0) is 19.7. The Hall–Kier alpha value is -2.79. The number of benzene rings is 1. The fourth-order valence-electron chi connectivity index (χ4n) is 2.46. The van der Waals surface area contributed by atoms with E-state index in [0.717, 1.165) is 15.4 Å². The highest BCUT2D eigenvalue weighted by molar-refractivity contribution is 7.99. The molecule has 144 valence electrons. The minimum atomic E-state index is -0.300. The van der Waals surface area contributed by atoms with Crippen LogP contribution in [-0.4, -0.2) is 50.3 Å². The lowest BCUT2D eigenvalue weighted by molar-refractivity contribution is -0.118. The number of nitrogens with zero attached hydrogens (tertiary/aromatic N) is 6. The lowest BCUT2D eigenvalue weighted by Gasteiger charge is -2.04. The van der Waals surface area contributed by atoms with Crippen molar-refractivity contribution in [3.8, 4) is 0 Å². The number of hydrogen-bond acceptors (Lipinski definition) is 8. The molecule has 1 N–H and O–H groups in total. The van der Waals surface area contributed by atoms with Crippen molar-refractivity contribution in [3.63, 3.8) is 0 Å². The average Bonchev–Trinajstić information content (AvgIpc) is 3.29. The Kier molecular flexibility index (Phi) is 5.09. The fraction of sp³-hybridized carbons (Fsp3) is 0.235. The van der Waals surface area contributed by atoms with E-state index in [9.17, 15) is 9.18 Å². The van der Waals surface area contributed by atoms with Gasteiger partial charge in [-0.05, 0) is 17.7 Å². The van der Waals surface area contributed by atoms with Gasteiger partial charge >= 0.3 is 0 Å². The number of carbonyl (C=O) groups is 1. The molecule has 28 heavy (non-hydrogen) atoms. The predicted octanol–water partition coefficient (Wildman–Crippen LogP) is 2.35. The largest absolute Gasteiger partial charge is 0.354 e. The maximum atomic E-state index is 12.9. The summed E-state index contributed by atoms with van der Waals surface area (Å²) in [5.41, 5.74) is 2.13. The van der Waals surface area contributed by atoms with Crippen molar-refractivity contribution in [2.45, 2.75) is 11.7 Å². The molecule has 0 saturated heterocycles. The first kappa shape index (κ1) is 18.6. The Morgan fingerprint density at radius 3 is 2.82 bits per heavy atom. The second-order valence-electron chi connectivity index (χ2n) is 6.16. The van der Waals surface area contributed by atoms with Crippen LogP contribution in [0.1, 0.15) is 5.56 Å². The van der Waals surface area contributed by atoms with Gasteiger partial charge in [0.2, 0.25) is 5.91 Å². The van der Waals surface area contributed by atoms with E-state index in [1.54, 1.807) is 22.9 Å². The van der Waals surface area contributed by atoms with Crippen molar-refractivity contribution in [2.24, 2.45) is 0 Å². The summed E-state index contributed by atoms with van der Waals surface area (Å²) in [6.45, 7) is 0.344. The standard InChI is InChI=1S/C17H16FN7OS2/c1-24(2)16-21-14-13(28-16)15-22-23-17(25(15)9-20-14)27-8-12(26)19-7-10-3-5-11(18)6-4-10/h3-6,9H,7-8H2,1-2H3,(H,19,26). The summed E-state index contributed by atoms with van der Waals surface area (Å²) >= 11 is 2.77. The van der Waals surface area contributed by atoms with Crippen molar-refractivity contribution in [2.75, 3.05) is 24.7 Å². The monoisotopic (exact) mass is 417 g/mol. The van der Waals surface area contributed by atoms with E-state index in [2.05, 4.69) is 25.5 Å². The first-order valence-electron chi connectivity index (χ1n) is 8.33. The lowest BCUT2D eigenvalue weighted by atomic mass is 10.2. The molecule has 0 radical (unpaired) electrons. The van der Waals surface area contributed by atoms with Gasteiger partial charge in [0.25, 0.3) is 0 Å².